The normalized spacial score (nSPS) is 19.7. The highest BCUT2D eigenvalue weighted by atomic mass is 32.2. The summed E-state index contributed by atoms with van der Waals surface area (Å²) in [7, 11) is 0. The van der Waals surface area contributed by atoms with Crippen molar-refractivity contribution in [1.82, 2.24) is 5.32 Å². The van der Waals surface area contributed by atoms with E-state index in [-0.39, 0.29) is 0 Å². The molecule has 0 radical (unpaired) electrons. The van der Waals surface area contributed by atoms with Gasteiger partial charge in [0.25, 0.3) is 0 Å². The van der Waals surface area contributed by atoms with E-state index >= 15 is 0 Å². The van der Waals surface area contributed by atoms with Crippen LogP contribution < -0.4 is 5.32 Å². The summed E-state index contributed by atoms with van der Waals surface area (Å²) >= 11 is 1.97. The van der Waals surface area contributed by atoms with Gasteiger partial charge in [0, 0.05) is 24.3 Å². The zero-order valence-corrected chi connectivity index (χ0v) is 8.41. The molecule has 3 heteroatoms. The summed E-state index contributed by atoms with van der Waals surface area (Å²) in [6.07, 6.45) is 6.87. The number of nitrogens with zero attached hydrogens (tertiary/aromatic N) is 1. The Hall–Kier alpha value is -0.200. The summed E-state index contributed by atoms with van der Waals surface area (Å²) in [6.45, 7) is 1.93. The Morgan fingerprint density at radius 1 is 1.58 bits per heavy atom. The van der Waals surface area contributed by atoms with Gasteiger partial charge < -0.3 is 5.32 Å². The van der Waals surface area contributed by atoms with Crippen LogP contribution in [0.2, 0.25) is 0 Å². The Balaban J connectivity index is 2.09. The van der Waals surface area contributed by atoms with E-state index in [9.17, 15) is 0 Å². The van der Waals surface area contributed by atoms with Gasteiger partial charge >= 0.3 is 0 Å². The molecule has 0 saturated heterocycles. The van der Waals surface area contributed by atoms with Crippen LogP contribution in [0.5, 0.6) is 0 Å². The zero-order chi connectivity index (χ0) is 8.86. The van der Waals surface area contributed by atoms with Gasteiger partial charge in [-0.25, -0.2) is 0 Å². The molecule has 2 nitrogen and oxygen atoms in total. The molecule has 12 heavy (non-hydrogen) atoms. The number of hydrogen-bond donors (Lipinski definition) is 1. The number of rotatable bonds is 5. The maximum atomic E-state index is 8.33. The Labute approximate surface area is 78.7 Å². The average Bonchev–Trinajstić information content (AvgIpc) is 2.02. The fourth-order valence-corrected chi connectivity index (χ4v) is 2.43. The largest absolute Gasteiger partial charge is 0.314 e. The van der Waals surface area contributed by atoms with Gasteiger partial charge in [-0.15, -0.1) is 0 Å². The van der Waals surface area contributed by atoms with Crippen LogP contribution in [0.25, 0.3) is 0 Å². The molecule has 0 aliphatic heterocycles. The molecule has 0 bridgehead atoms. The number of thioether (sulfide) groups is 1. The molecule has 1 rings (SSSR count). The standard InChI is InChI=1S/C9H16N2S/c1-12-9(4-2-5-9)8-11-7-3-6-10/h11H,2-5,7-8H2,1H3. The van der Waals surface area contributed by atoms with E-state index in [1.165, 1.54) is 19.3 Å². The summed E-state index contributed by atoms with van der Waals surface area (Å²) in [4.78, 5) is 0. The summed E-state index contributed by atoms with van der Waals surface area (Å²) in [6, 6.07) is 2.14. The van der Waals surface area contributed by atoms with E-state index in [1.54, 1.807) is 0 Å². The highest BCUT2D eigenvalue weighted by molar-refractivity contribution is 8.00. The molecule has 0 heterocycles. The molecule has 0 aromatic rings. The van der Waals surface area contributed by atoms with Crippen molar-refractivity contribution in [1.29, 1.82) is 5.26 Å². The quantitative estimate of drug-likeness (QED) is 0.662. The third-order valence-corrected chi connectivity index (χ3v) is 3.98. The van der Waals surface area contributed by atoms with Crippen molar-refractivity contribution in [2.75, 3.05) is 19.3 Å². The minimum absolute atomic E-state index is 0.509. The van der Waals surface area contributed by atoms with Crippen molar-refractivity contribution in [2.24, 2.45) is 0 Å². The van der Waals surface area contributed by atoms with Gasteiger partial charge in [-0.05, 0) is 19.1 Å². The summed E-state index contributed by atoms with van der Waals surface area (Å²) in [5.41, 5.74) is 0. The highest BCUT2D eigenvalue weighted by Crippen LogP contribution is 2.41. The molecule has 0 atom stereocenters. The molecular weight excluding hydrogens is 168 g/mol. The van der Waals surface area contributed by atoms with Crippen molar-refractivity contribution in [2.45, 2.75) is 30.4 Å². The molecule has 68 valence electrons. The topological polar surface area (TPSA) is 35.8 Å². The van der Waals surface area contributed by atoms with Crippen LogP contribution >= 0.6 is 11.8 Å². The summed E-state index contributed by atoms with van der Waals surface area (Å²) < 4.78 is 0.509. The van der Waals surface area contributed by atoms with E-state index in [0.717, 1.165) is 13.1 Å². The Morgan fingerprint density at radius 3 is 2.75 bits per heavy atom. The van der Waals surface area contributed by atoms with Crippen LogP contribution in [0, 0.1) is 11.3 Å². The molecule has 1 saturated carbocycles. The van der Waals surface area contributed by atoms with Crippen LogP contribution in [0.15, 0.2) is 0 Å². The predicted octanol–water partition coefficient (Wildman–Crippen LogP) is 1.78. The second-order valence-corrected chi connectivity index (χ2v) is 4.60. The first-order chi connectivity index (χ1) is 5.83. The maximum Gasteiger partial charge on any atom is 0.0635 e. The summed E-state index contributed by atoms with van der Waals surface area (Å²) in [5.74, 6) is 0. The first-order valence-corrected chi connectivity index (χ1v) is 5.68. The van der Waals surface area contributed by atoms with E-state index in [0.29, 0.717) is 11.2 Å². The smallest absolute Gasteiger partial charge is 0.0635 e. The van der Waals surface area contributed by atoms with Crippen molar-refractivity contribution < 1.29 is 0 Å². The van der Waals surface area contributed by atoms with E-state index in [2.05, 4.69) is 17.6 Å². The monoisotopic (exact) mass is 184 g/mol. The Morgan fingerprint density at radius 2 is 2.33 bits per heavy atom. The van der Waals surface area contributed by atoms with Crippen molar-refractivity contribution in [3.8, 4) is 6.07 Å². The lowest BCUT2D eigenvalue weighted by Gasteiger charge is -2.40. The van der Waals surface area contributed by atoms with Gasteiger partial charge in [0.15, 0.2) is 0 Å². The van der Waals surface area contributed by atoms with Gasteiger partial charge in [-0.1, -0.05) is 6.42 Å². The molecule has 0 aromatic heterocycles. The van der Waals surface area contributed by atoms with Crippen molar-refractivity contribution >= 4 is 11.8 Å². The van der Waals surface area contributed by atoms with Crippen molar-refractivity contribution in [3.05, 3.63) is 0 Å². The number of hydrogen-bond acceptors (Lipinski definition) is 3. The third kappa shape index (κ3) is 2.40. The number of nitrogens with one attached hydrogen (secondary N) is 1. The van der Waals surface area contributed by atoms with Crippen LogP contribution in [0.3, 0.4) is 0 Å². The lowest BCUT2D eigenvalue weighted by Crippen LogP contribution is -2.43. The predicted molar refractivity (Wildman–Crippen MR) is 53.2 cm³/mol. The van der Waals surface area contributed by atoms with E-state index in [4.69, 9.17) is 5.26 Å². The molecule has 1 aliphatic rings. The van der Waals surface area contributed by atoms with E-state index < -0.39 is 0 Å². The van der Waals surface area contributed by atoms with Gasteiger partial charge in [-0.2, -0.15) is 17.0 Å². The lowest BCUT2D eigenvalue weighted by atomic mass is 9.84. The second-order valence-electron chi connectivity index (χ2n) is 3.33. The zero-order valence-electron chi connectivity index (χ0n) is 7.60. The van der Waals surface area contributed by atoms with Gasteiger partial charge in [0.2, 0.25) is 0 Å². The molecule has 1 N–H and O–H groups in total. The van der Waals surface area contributed by atoms with Crippen LogP contribution in [-0.2, 0) is 0 Å². The fourth-order valence-electron chi connectivity index (χ4n) is 1.48. The van der Waals surface area contributed by atoms with Crippen LogP contribution in [-0.4, -0.2) is 24.1 Å². The molecule has 0 unspecified atom stereocenters. The van der Waals surface area contributed by atoms with Crippen LogP contribution in [0.4, 0.5) is 0 Å². The highest BCUT2D eigenvalue weighted by Gasteiger charge is 2.35. The first-order valence-electron chi connectivity index (χ1n) is 4.46. The second kappa shape index (κ2) is 4.74. The first kappa shape index (κ1) is 9.88. The lowest BCUT2D eigenvalue weighted by molar-refractivity contribution is 0.347. The number of nitriles is 1. The summed E-state index contributed by atoms with van der Waals surface area (Å²) in [5, 5.41) is 11.7. The van der Waals surface area contributed by atoms with Crippen LogP contribution in [0.1, 0.15) is 25.7 Å². The third-order valence-electron chi connectivity index (χ3n) is 2.56. The molecule has 1 fully saturated rings. The van der Waals surface area contributed by atoms with E-state index in [1.807, 2.05) is 11.8 Å². The Bertz CT molecular complexity index is 164. The minimum Gasteiger partial charge on any atom is -0.314 e. The molecular formula is C9H16N2S. The SMILES string of the molecule is CSC1(CNCCC#N)CCC1. The average molecular weight is 184 g/mol. The Kier molecular flexibility index (Phi) is 3.90. The maximum absolute atomic E-state index is 8.33. The minimum atomic E-state index is 0.509. The molecule has 0 spiro atoms. The molecule has 0 amide bonds. The molecule has 1 aliphatic carbocycles. The fraction of sp³-hybridized carbons (Fsp3) is 0.889. The molecule has 0 aromatic carbocycles. The van der Waals surface area contributed by atoms with Gasteiger partial charge in [0.1, 0.15) is 0 Å². The van der Waals surface area contributed by atoms with Gasteiger partial charge in [-0.3, -0.25) is 0 Å². The van der Waals surface area contributed by atoms with Gasteiger partial charge in [0.05, 0.1) is 6.07 Å². The van der Waals surface area contributed by atoms with Crippen molar-refractivity contribution in [3.63, 3.8) is 0 Å².